The molecule has 0 unspecified atom stereocenters. The number of aryl methyl sites for hydroxylation is 1. The van der Waals surface area contributed by atoms with E-state index in [0.717, 1.165) is 12.8 Å². The Morgan fingerprint density at radius 2 is 0.804 bits per heavy atom. The number of hydrogen-bond acceptors (Lipinski definition) is 2. The highest BCUT2D eigenvalue weighted by molar-refractivity contribution is 6.22. The molecule has 0 bridgehead atoms. The van der Waals surface area contributed by atoms with Crippen molar-refractivity contribution in [3.05, 3.63) is 53.6 Å². The van der Waals surface area contributed by atoms with Gasteiger partial charge in [-0.15, -0.1) is 0 Å². The van der Waals surface area contributed by atoms with Gasteiger partial charge in [-0.3, -0.25) is 0 Å². The zero-order chi connectivity index (χ0) is 33.6. The van der Waals surface area contributed by atoms with Gasteiger partial charge in [0.05, 0.1) is 0 Å². The van der Waals surface area contributed by atoms with Crippen LogP contribution in [0.3, 0.4) is 0 Å². The summed E-state index contributed by atoms with van der Waals surface area (Å²) >= 11 is 0. The molecule has 0 spiro atoms. The van der Waals surface area contributed by atoms with Crippen molar-refractivity contribution in [3.63, 3.8) is 0 Å². The maximum atomic E-state index is 10.5. The fourth-order valence-corrected chi connectivity index (χ4v) is 6.26. The number of benzene rings is 1. The molecule has 0 aliphatic rings. The Morgan fingerprint density at radius 3 is 1.20 bits per heavy atom. The summed E-state index contributed by atoms with van der Waals surface area (Å²) in [5.41, 5.74) is 2.62. The zero-order valence-corrected chi connectivity index (χ0v) is 32.1. The third-order valence-electron chi connectivity index (χ3n) is 9.14. The average molecular weight is 655 g/mol. The van der Waals surface area contributed by atoms with Crippen LogP contribution >= 0.6 is 0 Å². The van der Waals surface area contributed by atoms with Crippen molar-refractivity contribution >= 4 is 9.76 Å². The lowest BCUT2D eigenvalue weighted by Gasteiger charge is -2.12. The third-order valence-corrected chi connectivity index (χ3v) is 9.14. The van der Waals surface area contributed by atoms with E-state index in [1.807, 2.05) is 12.1 Å². The van der Waals surface area contributed by atoms with Crippen LogP contribution in [0.15, 0.2) is 42.5 Å². The monoisotopic (exact) mass is 655 g/mol. The molecule has 3 heteroatoms. The first-order valence-corrected chi connectivity index (χ1v) is 21.6. The van der Waals surface area contributed by atoms with Crippen molar-refractivity contribution in [3.8, 4) is 5.75 Å². The molecule has 0 aliphatic carbocycles. The topological polar surface area (TPSA) is 40.5 Å². The number of unbranched alkanes of at least 4 members (excludes halogenated alkanes) is 24. The second-order valence-electron chi connectivity index (χ2n) is 13.5. The van der Waals surface area contributed by atoms with Crippen LogP contribution < -0.4 is 0 Å². The van der Waals surface area contributed by atoms with Gasteiger partial charge < -0.3 is 9.90 Å². The molecule has 46 heavy (non-hydrogen) atoms. The molecule has 0 heterocycles. The van der Waals surface area contributed by atoms with Crippen molar-refractivity contribution in [2.24, 2.45) is 0 Å². The molecule has 1 aromatic rings. The van der Waals surface area contributed by atoms with Crippen molar-refractivity contribution in [2.45, 2.75) is 213 Å². The lowest BCUT2D eigenvalue weighted by Crippen LogP contribution is -1.96. The molecule has 1 aromatic carbocycles. The summed E-state index contributed by atoms with van der Waals surface area (Å²) in [4.78, 5) is 7.60. The van der Waals surface area contributed by atoms with Crippen molar-refractivity contribution in [1.82, 2.24) is 0 Å². The van der Waals surface area contributed by atoms with E-state index in [4.69, 9.17) is 4.80 Å². The molecule has 0 amide bonds. The highest BCUT2D eigenvalue weighted by Crippen LogP contribution is 2.25. The third kappa shape index (κ3) is 31.3. The van der Waals surface area contributed by atoms with Gasteiger partial charge in [0.2, 0.25) is 9.76 Å². The Kier molecular flexibility index (Phi) is 37.0. The number of rotatable bonds is 32. The van der Waals surface area contributed by atoms with E-state index in [1.54, 1.807) is 6.55 Å². The fourth-order valence-electron chi connectivity index (χ4n) is 6.26. The number of phenolic OH excluding ortho intramolecular Hbond substituents is 1. The van der Waals surface area contributed by atoms with Crippen LogP contribution in [0.1, 0.15) is 205 Å². The van der Waals surface area contributed by atoms with Crippen molar-refractivity contribution < 1.29 is 9.90 Å². The van der Waals surface area contributed by atoms with Gasteiger partial charge in [0.15, 0.2) is 0 Å². The first kappa shape index (κ1) is 44.7. The standard InChI is InChI=1S/C42H74O.CH4OSi/c1-3-5-7-9-11-13-15-17-19-21-23-25-27-29-31-33-36-40-37-35-39-42(43)41(40)38-34-32-30-28-26-24-22-20-18-16-14-12-10-8-6-4-2;1-3-2/h17-20,35,37,39,43H,3-16,21-34,36,38H2,1-2H3;2H,1H3/b19-17-,20-18-;. The van der Waals surface area contributed by atoms with Gasteiger partial charge in [-0.25, -0.2) is 0 Å². The van der Waals surface area contributed by atoms with Crippen molar-refractivity contribution in [2.75, 3.05) is 0 Å². The molecule has 0 saturated heterocycles. The van der Waals surface area contributed by atoms with Gasteiger partial charge in [-0.2, -0.15) is 0 Å². The molecular formula is C43H78O2Si. The van der Waals surface area contributed by atoms with E-state index in [1.165, 1.54) is 191 Å². The van der Waals surface area contributed by atoms with E-state index in [0.29, 0.717) is 5.75 Å². The second-order valence-corrected chi connectivity index (χ2v) is 14.0. The molecule has 0 atom stereocenters. The number of phenols is 1. The SMILES string of the molecule is CCCCCCCC/C=C\CCCCCCCCc1cccc(O)c1CCCCCCCC/C=C\CCCCCCCC.C[Si]O. The molecule has 0 aliphatic heterocycles. The van der Waals surface area contributed by atoms with Crippen LogP contribution in [-0.4, -0.2) is 19.7 Å². The minimum absolute atomic E-state index is 0.0833. The van der Waals surface area contributed by atoms with E-state index < -0.39 is 0 Å². The van der Waals surface area contributed by atoms with Crippen molar-refractivity contribution in [1.29, 1.82) is 0 Å². The van der Waals surface area contributed by atoms with Crippen LogP contribution in [0.25, 0.3) is 0 Å². The molecule has 2 radical (unpaired) electrons. The highest BCUT2D eigenvalue weighted by atomic mass is 28.2. The lowest BCUT2D eigenvalue weighted by atomic mass is 9.95. The summed E-state index contributed by atoms with van der Waals surface area (Å²) in [6.07, 6.45) is 49.6. The fraction of sp³-hybridized carbons (Fsp3) is 0.767. The molecule has 2 N–H and O–H groups in total. The second kappa shape index (κ2) is 38.1. The van der Waals surface area contributed by atoms with Crippen LogP contribution in [-0.2, 0) is 12.8 Å². The van der Waals surface area contributed by atoms with E-state index in [-0.39, 0.29) is 9.76 Å². The molecule has 0 aromatic heterocycles. The average Bonchev–Trinajstić information content (AvgIpc) is 3.05. The van der Waals surface area contributed by atoms with E-state index in [9.17, 15) is 5.11 Å². The molecule has 0 saturated carbocycles. The summed E-state index contributed by atoms with van der Waals surface area (Å²) in [6, 6.07) is 6.18. The number of aromatic hydroxyl groups is 1. The predicted molar refractivity (Wildman–Crippen MR) is 208 cm³/mol. The smallest absolute Gasteiger partial charge is 0.220 e. The van der Waals surface area contributed by atoms with Gasteiger partial charge >= 0.3 is 0 Å². The van der Waals surface area contributed by atoms with Crippen LogP contribution in [0.2, 0.25) is 6.55 Å². The van der Waals surface area contributed by atoms with Gasteiger partial charge in [0, 0.05) is 0 Å². The maximum Gasteiger partial charge on any atom is 0.220 e. The Bertz CT molecular complexity index is 787. The Balaban J connectivity index is 0.00000647. The predicted octanol–water partition coefficient (Wildman–Crippen LogP) is 14.2. The summed E-state index contributed by atoms with van der Waals surface area (Å²) < 4.78 is 0. The van der Waals surface area contributed by atoms with Gasteiger partial charge in [-0.1, -0.05) is 166 Å². The van der Waals surface area contributed by atoms with Gasteiger partial charge in [0.1, 0.15) is 5.75 Å². The number of hydrogen-bond donors (Lipinski definition) is 2. The van der Waals surface area contributed by atoms with Crippen LogP contribution in [0.5, 0.6) is 5.75 Å². The van der Waals surface area contributed by atoms with Gasteiger partial charge in [-0.05, 0) is 101 Å². The normalized spacial score (nSPS) is 11.5. The Morgan fingerprint density at radius 1 is 0.478 bits per heavy atom. The van der Waals surface area contributed by atoms with Crippen LogP contribution in [0.4, 0.5) is 0 Å². The molecular weight excluding hydrogens is 577 g/mol. The summed E-state index contributed by atoms with van der Waals surface area (Å²) in [5.74, 6) is 0.523. The Hall–Kier alpha value is -1.32. The minimum atomic E-state index is 0.0833. The van der Waals surface area contributed by atoms with E-state index in [2.05, 4.69) is 44.2 Å². The molecule has 0 fully saturated rings. The zero-order valence-electron chi connectivity index (χ0n) is 31.1. The lowest BCUT2D eigenvalue weighted by molar-refractivity contribution is 0.464. The number of allylic oxidation sites excluding steroid dienone is 4. The Labute approximate surface area is 291 Å². The highest BCUT2D eigenvalue weighted by Gasteiger charge is 2.07. The molecule has 266 valence electrons. The quantitative estimate of drug-likeness (QED) is 0.0461. The minimum Gasteiger partial charge on any atom is -0.508 e. The largest absolute Gasteiger partial charge is 0.508 e. The maximum absolute atomic E-state index is 10.5. The summed E-state index contributed by atoms with van der Waals surface area (Å²) in [7, 11) is 0.0833. The summed E-state index contributed by atoms with van der Waals surface area (Å²) in [6.45, 7) is 6.28. The molecule has 2 nitrogen and oxygen atoms in total. The molecule has 1 rings (SSSR count). The van der Waals surface area contributed by atoms with Crippen LogP contribution in [0, 0.1) is 0 Å². The first-order valence-electron chi connectivity index (χ1n) is 20.1. The summed E-state index contributed by atoms with van der Waals surface area (Å²) in [5, 5.41) is 10.5. The first-order chi connectivity index (χ1) is 22.7. The van der Waals surface area contributed by atoms with E-state index >= 15 is 0 Å². The van der Waals surface area contributed by atoms with Gasteiger partial charge in [0.25, 0.3) is 0 Å².